The number of hydrogen-bond acceptors (Lipinski definition) is 2. The van der Waals surface area contributed by atoms with Crippen LogP contribution in [0.4, 0.5) is 5.69 Å². The Morgan fingerprint density at radius 3 is 2.58 bits per heavy atom. The Morgan fingerprint density at radius 2 is 1.89 bits per heavy atom. The quantitative estimate of drug-likeness (QED) is 0.900. The van der Waals surface area contributed by atoms with Gasteiger partial charge in [0.05, 0.1) is 6.42 Å². The molecule has 4 heteroatoms. The van der Waals surface area contributed by atoms with Crippen LogP contribution in [0.5, 0.6) is 5.75 Å². The molecule has 98 valence electrons. The molecule has 2 N–H and O–H groups in total. The van der Waals surface area contributed by atoms with Crippen LogP contribution >= 0.6 is 11.6 Å². The topological polar surface area (TPSA) is 49.3 Å². The first kappa shape index (κ1) is 13.4. The van der Waals surface area contributed by atoms with Crippen LogP contribution < -0.4 is 5.32 Å². The van der Waals surface area contributed by atoms with Gasteiger partial charge in [0, 0.05) is 10.7 Å². The van der Waals surface area contributed by atoms with Crippen LogP contribution in [0.1, 0.15) is 11.1 Å². The summed E-state index contributed by atoms with van der Waals surface area (Å²) in [6, 6.07) is 11.9. The smallest absolute Gasteiger partial charge is 0.228 e. The number of phenols is 1. The molecule has 3 nitrogen and oxygen atoms in total. The van der Waals surface area contributed by atoms with Crippen molar-refractivity contribution in [2.24, 2.45) is 0 Å². The number of rotatable bonds is 3. The second-order valence-corrected chi connectivity index (χ2v) is 4.79. The fourth-order valence-corrected chi connectivity index (χ4v) is 1.89. The SMILES string of the molecule is Cc1ccc(Cl)cc1NC(=O)Cc1ccc(O)cc1. The summed E-state index contributed by atoms with van der Waals surface area (Å²) in [7, 11) is 0. The highest BCUT2D eigenvalue weighted by Crippen LogP contribution is 2.20. The number of carbonyl (C=O) groups excluding carboxylic acids is 1. The predicted octanol–water partition coefficient (Wildman–Crippen LogP) is 3.54. The van der Waals surface area contributed by atoms with Gasteiger partial charge in [0.1, 0.15) is 5.75 Å². The lowest BCUT2D eigenvalue weighted by Crippen LogP contribution is -2.15. The van der Waals surface area contributed by atoms with Crippen molar-refractivity contribution < 1.29 is 9.90 Å². The Morgan fingerprint density at radius 1 is 1.21 bits per heavy atom. The van der Waals surface area contributed by atoms with Crippen molar-refractivity contribution in [3.05, 3.63) is 58.6 Å². The fraction of sp³-hybridized carbons (Fsp3) is 0.133. The molecule has 0 spiro atoms. The molecule has 0 saturated carbocycles. The van der Waals surface area contributed by atoms with Crippen molar-refractivity contribution in [3.63, 3.8) is 0 Å². The van der Waals surface area contributed by atoms with Crippen LogP contribution in [0, 0.1) is 6.92 Å². The van der Waals surface area contributed by atoms with Gasteiger partial charge in [-0.2, -0.15) is 0 Å². The summed E-state index contributed by atoms with van der Waals surface area (Å²) in [5, 5.41) is 12.6. The van der Waals surface area contributed by atoms with Crippen molar-refractivity contribution in [1.82, 2.24) is 0 Å². The Hall–Kier alpha value is -2.00. The van der Waals surface area contributed by atoms with Gasteiger partial charge in [0.15, 0.2) is 0 Å². The van der Waals surface area contributed by atoms with Crippen molar-refractivity contribution in [1.29, 1.82) is 0 Å². The molecule has 1 amide bonds. The van der Waals surface area contributed by atoms with E-state index in [2.05, 4.69) is 5.32 Å². The highest BCUT2D eigenvalue weighted by molar-refractivity contribution is 6.31. The van der Waals surface area contributed by atoms with Crippen molar-refractivity contribution >= 4 is 23.2 Å². The molecule has 19 heavy (non-hydrogen) atoms. The van der Waals surface area contributed by atoms with E-state index in [1.165, 1.54) is 0 Å². The van der Waals surface area contributed by atoms with Crippen molar-refractivity contribution in [2.75, 3.05) is 5.32 Å². The summed E-state index contributed by atoms with van der Waals surface area (Å²) < 4.78 is 0. The van der Waals surface area contributed by atoms with Crippen LogP contribution in [0.15, 0.2) is 42.5 Å². The van der Waals surface area contributed by atoms with Crippen LogP contribution in [0.3, 0.4) is 0 Å². The molecule has 0 heterocycles. The van der Waals surface area contributed by atoms with Gasteiger partial charge >= 0.3 is 0 Å². The van der Waals surface area contributed by atoms with Gasteiger partial charge in [-0.1, -0.05) is 29.8 Å². The molecule has 0 aliphatic carbocycles. The molecule has 0 unspecified atom stereocenters. The number of aryl methyl sites for hydroxylation is 1. The van der Waals surface area contributed by atoms with E-state index in [0.717, 1.165) is 16.8 Å². The second-order valence-electron chi connectivity index (χ2n) is 4.35. The molecule has 2 rings (SSSR count). The summed E-state index contributed by atoms with van der Waals surface area (Å²) in [4.78, 5) is 11.9. The number of phenolic OH excluding ortho intramolecular Hbond substituents is 1. The van der Waals surface area contributed by atoms with Crippen LogP contribution in [0.2, 0.25) is 5.02 Å². The highest BCUT2D eigenvalue weighted by atomic mass is 35.5. The zero-order valence-corrected chi connectivity index (χ0v) is 11.2. The summed E-state index contributed by atoms with van der Waals surface area (Å²) in [6.45, 7) is 1.91. The standard InChI is InChI=1S/C15H14ClNO2/c1-10-2-5-12(16)9-14(10)17-15(19)8-11-3-6-13(18)7-4-11/h2-7,9,18H,8H2,1H3,(H,17,19). The third-order valence-corrected chi connectivity index (χ3v) is 3.01. The van der Waals surface area contributed by atoms with E-state index >= 15 is 0 Å². The second kappa shape index (κ2) is 5.76. The monoisotopic (exact) mass is 275 g/mol. The number of nitrogens with one attached hydrogen (secondary N) is 1. The van der Waals surface area contributed by atoms with Crippen LogP contribution in [0.25, 0.3) is 0 Å². The number of amides is 1. The Bertz CT molecular complexity index is 594. The maximum absolute atomic E-state index is 11.9. The summed E-state index contributed by atoms with van der Waals surface area (Å²) >= 11 is 5.90. The molecule has 0 bridgehead atoms. The lowest BCUT2D eigenvalue weighted by Gasteiger charge is -2.09. The zero-order chi connectivity index (χ0) is 13.8. The van der Waals surface area contributed by atoms with Crippen LogP contribution in [-0.4, -0.2) is 11.0 Å². The van der Waals surface area contributed by atoms with E-state index < -0.39 is 0 Å². The van der Waals surface area contributed by atoms with Gasteiger partial charge in [-0.25, -0.2) is 0 Å². The molecular formula is C15H14ClNO2. The first-order valence-corrected chi connectivity index (χ1v) is 6.26. The lowest BCUT2D eigenvalue weighted by atomic mass is 10.1. The van der Waals surface area contributed by atoms with E-state index in [-0.39, 0.29) is 18.1 Å². The molecule has 0 fully saturated rings. The van der Waals surface area contributed by atoms with Crippen LogP contribution in [-0.2, 0) is 11.2 Å². The summed E-state index contributed by atoms with van der Waals surface area (Å²) in [5.41, 5.74) is 2.52. The van der Waals surface area contributed by atoms with E-state index in [1.54, 1.807) is 36.4 Å². The highest BCUT2D eigenvalue weighted by Gasteiger charge is 2.06. The Labute approximate surface area is 116 Å². The molecule has 2 aromatic rings. The minimum atomic E-state index is -0.115. The number of benzene rings is 2. The molecule has 0 aromatic heterocycles. The maximum Gasteiger partial charge on any atom is 0.228 e. The molecule has 0 saturated heterocycles. The lowest BCUT2D eigenvalue weighted by molar-refractivity contribution is -0.115. The average Bonchev–Trinajstić information content (AvgIpc) is 2.37. The maximum atomic E-state index is 11.9. The van der Waals surface area contributed by atoms with E-state index in [4.69, 9.17) is 11.6 Å². The molecular weight excluding hydrogens is 262 g/mol. The number of anilines is 1. The zero-order valence-electron chi connectivity index (χ0n) is 10.5. The number of hydrogen-bond donors (Lipinski definition) is 2. The first-order chi connectivity index (χ1) is 9.04. The minimum absolute atomic E-state index is 0.115. The third-order valence-electron chi connectivity index (χ3n) is 2.77. The molecule has 0 aliphatic heterocycles. The van der Waals surface area contributed by atoms with E-state index in [1.807, 2.05) is 13.0 Å². The predicted molar refractivity (Wildman–Crippen MR) is 76.6 cm³/mol. The Balaban J connectivity index is 2.05. The normalized spacial score (nSPS) is 10.2. The van der Waals surface area contributed by atoms with E-state index in [0.29, 0.717) is 5.02 Å². The van der Waals surface area contributed by atoms with Gasteiger partial charge < -0.3 is 10.4 Å². The summed E-state index contributed by atoms with van der Waals surface area (Å²) in [5.74, 6) is 0.0749. The van der Waals surface area contributed by atoms with Gasteiger partial charge in [0.25, 0.3) is 0 Å². The van der Waals surface area contributed by atoms with Gasteiger partial charge in [-0.3, -0.25) is 4.79 Å². The van der Waals surface area contributed by atoms with Gasteiger partial charge in [-0.15, -0.1) is 0 Å². The largest absolute Gasteiger partial charge is 0.508 e. The molecule has 2 aromatic carbocycles. The number of halogens is 1. The van der Waals surface area contributed by atoms with E-state index in [9.17, 15) is 9.90 Å². The van der Waals surface area contributed by atoms with Gasteiger partial charge in [-0.05, 0) is 42.3 Å². The molecule has 0 aliphatic rings. The Kier molecular flexibility index (Phi) is 4.07. The van der Waals surface area contributed by atoms with Gasteiger partial charge in [0.2, 0.25) is 5.91 Å². The van der Waals surface area contributed by atoms with Crippen molar-refractivity contribution in [2.45, 2.75) is 13.3 Å². The third kappa shape index (κ3) is 3.73. The number of carbonyl (C=O) groups is 1. The molecule has 0 radical (unpaired) electrons. The molecule has 0 atom stereocenters. The minimum Gasteiger partial charge on any atom is -0.508 e. The number of aromatic hydroxyl groups is 1. The fourth-order valence-electron chi connectivity index (χ4n) is 1.72. The average molecular weight is 276 g/mol. The summed E-state index contributed by atoms with van der Waals surface area (Å²) in [6.07, 6.45) is 0.256. The van der Waals surface area contributed by atoms with Crippen molar-refractivity contribution in [3.8, 4) is 5.75 Å². The first-order valence-electron chi connectivity index (χ1n) is 5.88.